The van der Waals surface area contributed by atoms with E-state index in [1.54, 1.807) is 0 Å². The van der Waals surface area contributed by atoms with E-state index in [1.165, 1.54) is 6.42 Å². The fourth-order valence-electron chi connectivity index (χ4n) is 2.30. The van der Waals surface area contributed by atoms with Gasteiger partial charge in [-0.3, -0.25) is 0 Å². The fraction of sp³-hybridized carbons (Fsp3) is 0.533. The van der Waals surface area contributed by atoms with Gasteiger partial charge in [0, 0.05) is 12.6 Å². The molecule has 2 unspecified atom stereocenters. The van der Waals surface area contributed by atoms with Crippen LogP contribution in [0.15, 0.2) is 21.6 Å². The van der Waals surface area contributed by atoms with Crippen LogP contribution in [0.5, 0.6) is 11.5 Å². The number of halogens is 1. The summed E-state index contributed by atoms with van der Waals surface area (Å²) in [4.78, 5) is 4.64. The first-order chi connectivity index (χ1) is 10.2. The molecule has 1 aromatic carbocycles. The predicted molar refractivity (Wildman–Crippen MR) is 85.8 cm³/mol. The van der Waals surface area contributed by atoms with Crippen molar-refractivity contribution in [1.29, 1.82) is 0 Å². The molecule has 1 fully saturated rings. The zero-order valence-electron chi connectivity index (χ0n) is 12.3. The van der Waals surface area contributed by atoms with Crippen LogP contribution >= 0.6 is 15.9 Å². The molecule has 1 aliphatic heterocycles. The number of rotatable bonds is 4. The topological polar surface area (TPSA) is 54.9 Å². The van der Waals surface area contributed by atoms with Crippen LogP contribution in [0.4, 0.5) is 0 Å². The van der Waals surface area contributed by atoms with Gasteiger partial charge in [0.25, 0.3) is 0 Å². The second-order valence-corrected chi connectivity index (χ2v) is 6.32. The van der Waals surface area contributed by atoms with Gasteiger partial charge in [0.2, 0.25) is 6.79 Å². The van der Waals surface area contributed by atoms with Gasteiger partial charge in [-0.2, -0.15) is 0 Å². The smallest absolute Gasteiger partial charge is 0.231 e. The lowest BCUT2D eigenvalue weighted by Gasteiger charge is -2.11. The maximum absolute atomic E-state index is 5.43. The summed E-state index contributed by atoms with van der Waals surface area (Å²) in [5.41, 5.74) is 1.09. The summed E-state index contributed by atoms with van der Waals surface area (Å²) >= 11 is 3.51. The van der Waals surface area contributed by atoms with Crippen LogP contribution in [0.25, 0.3) is 0 Å². The molecule has 0 bridgehead atoms. The van der Waals surface area contributed by atoms with Crippen molar-refractivity contribution in [3.05, 3.63) is 22.2 Å². The minimum atomic E-state index is 0.282. The summed E-state index contributed by atoms with van der Waals surface area (Å²) in [5.74, 6) is 3.18. The number of aliphatic imine (C=N–C) groups is 1. The van der Waals surface area contributed by atoms with E-state index in [9.17, 15) is 0 Å². The molecule has 21 heavy (non-hydrogen) atoms. The summed E-state index contributed by atoms with van der Waals surface area (Å²) < 4.78 is 11.7. The molecule has 0 aromatic heterocycles. The number of benzene rings is 1. The van der Waals surface area contributed by atoms with Crippen molar-refractivity contribution >= 4 is 21.9 Å². The van der Waals surface area contributed by atoms with Gasteiger partial charge in [-0.15, -0.1) is 0 Å². The molecule has 2 N–H and O–H groups in total. The Morgan fingerprint density at radius 1 is 1.43 bits per heavy atom. The molecule has 1 aliphatic carbocycles. The van der Waals surface area contributed by atoms with E-state index in [1.807, 2.05) is 12.1 Å². The quantitative estimate of drug-likeness (QED) is 0.645. The highest BCUT2D eigenvalue weighted by Crippen LogP contribution is 2.40. The Kier molecular flexibility index (Phi) is 4.24. The van der Waals surface area contributed by atoms with Crippen molar-refractivity contribution in [1.82, 2.24) is 10.6 Å². The van der Waals surface area contributed by atoms with Crippen molar-refractivity contribution < 1.29 is 9.47 Å². The lowest BCUT2D eigenvalue weighted by Crippen LogP contribution is -2.39. The molecule has 1 heterocycles. The zero-order valence-corrected chi connectivity index (χ0v) is 13.9. The Balaban J connectivity index is 1.69. The molecular formula is C15H20BrN3O2. The van der Waals surface area contributed by atoms with Gasteiger partial charge in [-0.25, -0.2) is 4.99 Å². The standard InChI is InChI=1S/C15H20BrN3O2/c1-3-17-15(19-12-4-9(12)2)18-7-10-5-11(16)14-13(6-10)20-8-21-14/h5-6,9,12H,3-4,7-8H2,1-2H3,(H2,17,18,19). The number of fused-ring (bicyclic) bond motifs is 1. The zero-order chi connectivity index (χ0) is 14.8. The summed E-state index contributed by atoms with van der Waals surface area (Å²) in [6.07, 6.45) is 1.22. The monoisotopic (exact) mass is 353 g/mol. The Bertz CT molecular complexity index is 562. The molecular weight excluding hydrogens is 334 g/mol. The van der Waals surface area contributed by atoms with Gasteiger partial charge < -0.3 is 20.1 Å². The maximum Gasteiger partial charge on any atom is 0.231 e. The Hall–Kier alpha value is -1.43. The van der Waals surface area contributed by atoms with Gasteiger partial charge in [-0.05, 0) is 52.9 Å². The minimum Gasteiger partial charge on any atom is -0.454 e. The van der Waals surface area contributed by atoms with E-state index < -0.39 is 0 Å². The normalized spacial score (nSPS) is 23.1. The molecule has 0 radical (unpaired) electrons. The summed E-state index contributed by atoms with van der Waals surface area (Å²) in [6.45, 7) is 6.06. The third-order valence-corrected chi connectivity index (χ3v) is 4.27. The summed E-state index contributed by atoms with van der Waals surface area (Å²) in [6, 6.07) is 4.58. The molecule has 0 saturated heterocycles. The molecule has 5 nitrogen and oxygen atoms in total. The van der Waals surface area contributed by atoms with E-state index in [0.717, 1.165) is 40.0 Å². The second-order valence-electron chi connectivity index (χ2n) is 5.47. The number of ether oxygens (including phenoxy) is 2. The van der Waals surface area contributed by atoms with E-state index in [-0.39, 0.29) is 6.79 Å². The highest BCUT2D eigenvalue weighted by molar-refractivity contribution is 9.10. The molecule has 114 valence electrons. The maximum atomic E-state index is 5.43. The molecule has 1 aromatic rings. The van der Waals surface area contributed by atoms with Crippen molar-refractivity contribution in [3.63, 3.8) is 0 Å². The third kappa shape index (κ3) is 3.43. The molecule has 2 atom stereocenters. The Morgan fingerprint density at radius 3 is 2.95 bits per heavy atom. The van der Waals surface area contributed by atoms with Crippen molar-refractivity contribution in [2.45, 2.75) is 32.9 Å². The number of nitrogens with zero attached hydrogens (tertiary/aromatic N) is 1. The van der Waals surface area contributed by atoms with Gasteiger partial charge >= 0.3 is 0 Å². The van der Waals surface area contributed by atoms with Crippen LogP contribution in [-0.4, -0.2) is 25.3 Å². The van der Waals surface area contributed by atoms with E-state index >= 15 is 0 Å². The van der Waals surface area contributed by atoms with Crippen LogP contribution in [-0.2, 0) is 6.54 Å². The van der Waals surface area contributed by atoms with E-state index in [2.05, 4.69) is 45.4 Å². The largest absolute Gasteiger partial charge is 0.454 e. The first-order valence-electron chi connectivity index (χ1n) is 7.30. The summed E-state index contributed by atoms with van der Waals surface area (Å²) in [5, 5.41) is 6.73. The highest BCUT2D eigenvalue weighted by Gasteiger charge is 2.33. The average Bonchev–Trinajstić information content (AvgIpc) is 2.95. The second kappa shape index (κ2) is 6.13. The number of hydrogen-bond donors (Lipinski definition) is 2. The minimum absolute atomic E-state index is 0.282. The molecule has 2 aliphatic rings. The number of guanidine groups is 1. The van der Waals surface area contributed by atoms with Crippen LogP contribution in [0.2, 0.25) is 0 Å². The number of nitrogens with one attached hydrogen (secondary N) is 2. The van der Waals surface area contributed by atoms with Crippen LogP contribution < -0.4 is 20.1 Å². The van der Waals surface area contributed by atoms with Gasteiger partial charge in [0.1, 0.15) is 0 Å². The highest BCUT2D eigenvalue weighted by atomic mass is 79.9. The molecule has 0 spiro atoms. The van der Waals surface area contributed by atoms with Crippen molar-refractivity contribution in [2.24, 2.45) is 10.9 Å². The lowest BCUT2D eigenvalue weighted by atomic mass is 10.2. The van der Waals surface area contributed by atoms with E-state index in [4.69, 9.17) is 9.47 Å². The Morgan fingerprint density at radius 2 is 2.24 bits per heavy atom. The summed E-state index contributed by atoms with van der Waals surface area (Å²) in [7, 11) is 0. The average molecular weight is 354 g/mol. The van der Waals surface area contributed by atoms with Gasteiger partial charge in [0.05, 0.1) is 11.0 Å². The predicted octanol–water partition coefficient (Wildman–Crippen LogP) is 2.64. The fourth-order valence-corrected chi connectivity index (χ4v) is 2.91. The third-order valence-electron chi connectivity index (χ3n) is 3.68. The molecule has 3 rings (SSSR count). The first kappa shape index (κ1) is 14.5. The first-order valence-corrected chi connectivity index (χ1v) is 8.09. The molecule has 0 amide bonds. The van der Waals surface area contributed by atoms with Gasteiger partial charge in [0.15, 0.2) is 17.5 Å². The number of hydrogen-bond acceptors (Lipinski definition) is 3. The molecule has 1 saturated carbocycles. The Labute approximate surface area is 133 Å². The van der Waals surface area contributed by atoms with Crippen molar-refractivity contribution in [2.75, 3.05) is 13.3 Å². The van der Waals surface area contributed by atoms with Crippen LogP contribution in [0.1, 0.15) is 25.8 Å². The van der Waals surface area contributed by atoms with Crippen molar-refractivity contribution in [3.8, 4) is 11.5 Å². The van der Waals surface area contributed by atoms with Crippen LogP contribution in [0.3, 0.4) is 0 Å². The SMILES string of the molecule is CCNC(=NCc1cc(Br)c2c(c1)OCO2)NC1CC1C. The van der Waals surface area contributed by atoms with Gasteiger partial charge in [-0.1, -0.05) is 6.92 Å². The van der Waals surface area contributed by atoms with Crippen LogP contribution in [0, 0.1) is 5.92 Å². The molecule has 6 heteroatoms. The lowest BCUT2D eigenvalue weighted by molar-refractivity contribution is 0.173. The van der Waals surface area contributed by atoms with E-state index in [0.29, 0.717) is 12.6 Å².